The second kappa shape index (κ2) is 10.4. The maximum atomic E-state index is 13.2. The van der Waals surface area contributed by atoms with Crippen molar-refractivity contribution in [3.05, 3.63) is 88.2 Å². The van der Waals surface area contributed by atoms with Crippen molar-refractivity contribution in [1.29, 1.82) is 0 Å². The van der Waals surface area contributed by atoms with Crippen LogP contribution in [0.2, 0.25) is 5.02 Å². The van der Waals surface area contributed by atoms with E-state index >= 15 is 0 Å². The van der Waals surface area contributed by atoms with Crippen LogP contribution in [0.25, 0.3) is 0 Å². The van der Waals surface area contributed by atoms with Gasteiger partial charge in [0.2, 0.25) is 10.0 Å². The monoisotopic (exact) mass is 491 g/mol. The van der Waals surface area contributed by atoms with Crippen molar-refractivity contribution in [1.82, 2.24) is 20.6 Å². The number of nitrogens with one attached hydrogen (secondary N) is 3. The van der Waals surface area contributed by atoms with Crippen molar-refractivity contribution in [2.45, 2.75) is 13.1 Å². The van der Waals surface area contributed by atoms with E-state index in [0.717, 1.165) is 18.1 Å². The fraction of sp³-hybridized carbons (Fsp3) is 0.143. The quantitative estimate of drug-likeness (QED) is 0.444. The molecule has 0 saturated heterocycles. The number of aromatic nitrogens is 2. The minimum Gasteiger partial charge on any atom is -0.347 e. The van der Waals surface area contributed by atoms with E-state index in [1.165, 1.54) is 24.3 Å². The number of nitrogens with zero attached hydrogens (tertiary/aromatic N) is 2. The van der Waals surface area contributed by atoms with Crippen molar-refractivity contribution in [3.63, 3.8) is 0 Å². The van der Waals surface area contributed by atoms with Crippen LogP contribution < -0.4 is 15.4 Å². The molecule has 0 saturated carbocycles. The molecule has 0 radical (unpaired) electrons. The van der Waals surface area contributed by atoms with Gasteiger partial charge in [0, 0.05) is 24.8 Å². The first kappa shape index (κ1) is 24.1. The number of carbonyl (C=O) groups is 2. The number of hydrogen-bond donors (Lipinski definition) is 3. The summed E-state index contributed by atoms with van der Waals surface area (Å²) in [5, 5.41) is 5.23. The fourth-order valence-corrected chi connectivity index (χ4v) is 3.47. The van der Waals surface area contributed by atoms with Crippen molar-refractivity contribution in [2.75, 3.05) is 11.0 Å². The second-order valence-corrected chi connectivity index (χ2v) is 9.13. The van der Waals surface area contributed by atoms with E-state index in [-0.39, 0.29) is 29.5 Å². The van der Waals surface area contributed by atoms with E-state index < -0.39 is 27.7 Å². The normalized spacial score (nSPS) is 11.0. The zero-order valence-corrected chi connectivity index (χ0v) is 18.9. The van der Waals surface area contributed by atoms with Crippen LogP contribution >= 0.6 is 11.6 Å². The van der Waals surface area contributed by atoms with Gasteiger partial charge < -0.3 is 10.6 Å². The Bertz CT molecular complexity index is 1290. The molecule has 3 rings (SSSR count). The minimum absolute atomic E-state index is 0.00431. The molecule has 12 heteroatoms. The fourth-order valence-electron chi connectivity index (χ4n) is 2.71. The standard InChI is InChI=1S/C21H19ClFN5O4S/c1-33(31,32)28-15-5-2-13(3-6-15)10-24-20(29)18-9-19(27-12-26-18)21(30)25-11-14-4-7-17(23)16(22)8-14/h2-9,12,28H,10-11H2,1H3,(H,24,29)(H,25,30). The lowest BCUT2D eigenvalue weighted by Crippen LogP contribution is -2.27. The molecule has 0 aliphatic heterocycles. The molecule has 2 aromatic carbocycles. The SMILES string of the molecule is CS(=O)(=O)Nc1ccc(CNC(=O)c2cc(C(=O)NCc3ccc(F)c(Cl)c3)ncn2)cc1. The van der Waals surface area contributed by atoms with Gasteiger partial charge in [-0.2, -0.15) is 0 Å². The molecule has 0 spiro atoms. The Balaban J connectivity index is 1.57. The topological polar surface area (TPSA) is 130 Å². The summed E-state index contributed by atoms with van der Waals surface area (Å²) >= 11 is 5.73. The summed E-state index contributed by atoms with van der Waals surface area (Å²) in [4.78, 5) is 32.6. The van der Waals surface area contributed by atoms with Crippen LogP contribution in [0.15, 0.2) is 54.9 Å². The number of rotatable bonds is 8. The van der Waals surface area contributed by atoms with Gasteiger partial charge in [-0.15, -0.1) is 0 Å². The Morgan fingerprint density at radius 1 is 0.909 bits per heavy atom. The van der Waals surface area contributed by atoms with E-state index in [1.54, 1.807) is 24.3 Å². The van der Waals surface area contributed by atoms with Gasteiger partial charge in [0.1, 0.15) is 23.5 Å². The molecule has 3 N–H and O–H groups in total. The Kier molecular flexibility index (Phi) is 7.56. The van der Waals surface area contributed by atoms with Gasteiger partial charge in [-0.3, -0.25) is 14.3 Å². The highest BCUT2D eigenvalue weighted by Crippen LogP contribution is 2.16. The highest BCUT2D eigenvalue weighted by molar-refractivity contribution is 7.92. The van der Waals surface area contributed by atoms with Gasteiger partial charge in [-0.05, 0) is 35.4 Å². The molecule has 1 aromatic heterocycles. The molecule has 0 aliphatic carbocycles. The summed E-state index contributed by atoms with van der Waals surface area (Å²) in [6.07, 6.45) is 2.15. The van der Waals surface area contributed by atoms with Gasteiger partial charge in [-0.25, -0.2) is 22.8 Å². The molecule has 0 unspecified atom stereocenters. The average Bonchev–Trinajstić information content (AvgIpc) is 2.78. The van der Waals surface area contributed by atoms with Gasteiger partial charge in [0.15, 0.2) is 0 Å². The Hall–Kier alpha value is -3.57. The first-order chi connectivity index (χ1) is 15.6. The maximum Gasteiger partial charge on any atom is 0.270 e. The predicted molar refractivity (Wildman–Crippen MR) is 121 cm³/mol. The highest BCUT2D eigenvalue weighted by Gasteiger charge is 2.13. The van der Waals surface area contributed by atoms with Crippen LogP contribution in [-0.4, -0.2) is 36.5 Å². The number of carbonyl (C=O) groups excluding carboxylic acids is 2. The lowest BCUT2D eigenvalue weighted by Gasteiger charge is -2.08. The predicted octanol–water partition coefficient (Wildman–Crippen LogP) is 2.50. The molecule has 0 atom stereocenters. The van der Waals surface area contributed by atoms with Crippen molar-refractivity contribution >= 4 is 39.1 Å². The summed E-state index contributed by atoms with van der Waals surface area (Å²) in [6, 6.07) is 11.8. The van der Waals surface area contributed by atoms with Gasteiger partial charge in [0.05, 0.1) is 11.3 Å². The van der Waals surface area contributed by atoms with Gasteiger partial charge >= 0.3 is 0 Å². The summed E-state index contributed by atoms with van der Waals surface area (Å²) in [6.45, 7) is 0.253. The van der Waals surface area contributed by atoms with E-state index in [0.29, 0.717) is 11.3 Å². The van der Waals surface area contributed by atoms with Crippen LogP contribution in [0.1, 0.15) is 32.1 Å². The zero-order valence-electron chi connectivity index (χ0n) is 17.3. The average molecular weight is 492 g/mol. The van der Waals surface area contributed by atoms with E-state index in [4.69, 9.17) is 11.6 Å². The van der Waals surface area contributed by atoms with E-state index in [1.807, 2.05) is 0 Å². The van der Waals surface area contributed by atoms with E-state index in [2.05, 4.69) is 25.3 Å². The number of sulfonamides is 1. The van der Waals surface area contributed by atoms with Gasteiger partial charge in [0.25, 0.3) is 11.8 Å². The lowest BCUT2D eigenvalue weighted by molar-refractivity contribution is 0.0944. The molecular formula is C21H19ClFN5O4S. The Morgan fingerprint density at radius 2 is 1.45 bits per heavy atom. The van der Waals surface area contributed by atoms with Crippen LogP contribution in [0, 0.1) is 5.82 Å². The summed E-state index contributed by atoms with van der Waals surface area (Å²) < 4.78 is 38.1. The molecule has 1 heterocycles. The molecule has 2 amide bonds. The Labute approximate surface area is 194 Å². The van der Waals surface area contributed by atoms with Crippen molar-refractivity contribution < 1.29 is 22.4 Å². The van der Waals surface area contributed by atoms with Crippen LogP contribution in [0.3, 0.4) is 0 Å². The number of amides is 2. The molecule has 0 fully saturated rings. The van der Waals surface area contributed by atoms with Crippen molar-refractivity contribution in [2.24, 2.45) is 0 Å². The lowest BCUT2D eigenvalue weighted by atomic mass is 10.2. The number of halogens is 2. The van der Waals surface area contributed by atoms with Crippen molar-refractivity contribution in [3.8, 4) is 0 Å². The smallest absolute Gasteiger partial charge is 0.270 e. The van der Waals surface area contributed by atoms with Crippen LogP contribution in [0.5, 0.6) is 0 Å². The minimum atomic E-state index is -3.37. The summed E-state index contributed by atoms with van der Waals surface area (Å²) in [5.41, 5.74) is 1.71. The molecule has 33 heavy (non-hydrogen) atoms. The largest absolute Gasteiger partial charge is 0.347 e. The molecule has 172 valence electrons. The molecule has 0 bridgehead atoms. The van der Waals surface area contributed by atoms with Gasteiger partial charge in [-0.1, -0.05) is 29.8 Å². The maximum absolute atomic E-state index is 13.2. The third-order valence-electron chi connectivity index (χ3n) is 4.28. The molecular weight excluding hydrogens is 473 g/mol. The second-order valence-electron chi connectivity index (χ2n) is 6.97. The van der Waals surface area contributed by atoms with Crippen LogP contribution in [-0.2, 0) is 23.1 Å². The molecule has 9 nitrogen and oxygen atoms in total. The van der Waals surface area contributed by atoms with Crippen LogP contribution in [0.4, 0.5) is 10.1 Å². The molecule has 0 aliphatic rings. The third-order valence-corrected chi connectivity index (χ3v) is 5.18. The third kappa shape index (κ3) is 7.22. The zero-order chi connectivity index (χ0) is 24.0. The van der Waals surface area contributed by atoms with E-state index in [9.17, 15) is 22.4 Å². The first-order valence-electron chi connectivity index (χ1n) is 9.50. The highest BCUT2D eigenvalue weighted by atomic mass is 35.5. The number of anilines is 1. The first-order valence-corrected chi connectivity index (χ1v) is 11.8. The Morgan fingerprint density at radius 3 is 2.00 bits per heavy atom. The molecule has 3 aromatic rings. The summed E-state index contributed by atoms with van der Waals surface area (Å²) in [5.74, 6) is -1.62. The number of hydrogen-bond acceptors (Lipinski definition) is 6. The number of benzene rings is 2. The summed E-state index contributed by atoms with van der Waals surface area (Å²) in [7, 11) is -3.37.